The first kappa shape index (κ1) is 12.5. The number of halogens is 1. The quantitative estimate of drug-likeness (QED) is 0.568. The largest absolute Gasteiger partial charge is 0.139 e. The minimum Gasteiger partial charge on any atom is -0.139 e. The highest BCUT2D eigenvalue weighted by Crippen LogP contribution is 2.33. The Labute approximate surface area is 101 Å². The van der Waals surface area contributed by atoms with Crippen LogP contribution in [0.3, 0.4) is 0 Å². The van der Waals surface area contributed by atoms with Crippen LogP contribution in [0.2, 0.25) is 5.02 Å². The van der Waals surface area contributed by atoms with Crippen LogP contribution in [-0.2, 0) is 0 Å². The summed E-state index contributed by atoms with van der Waals surface area (Å²) in [4.78, 5) is 1.20. The van der Waals surface area contributed by atoms with E-state index in [9.17, 15) is 0 Å². The van der Waals surface area contributed by atoms with Gasteiger partial charge in [-0.2, -0.15) is 0 Å². The van der Waals surface area contributed by atoms with Gasteiger partial charge in [0.25, 0.3) is 0 Å². The van der Waals surface area contributed by atoms with E-state index in [1.807, 2.05) is 19.1 Å². The fourth-order valence-electron chi connectivity index (χ4n) is 1.14. The zero-order valence-corrected chi connectivity index (χ0v) is 11.2. The van der Waals surface area contributed by atoms with Gasteiger partial charge in [-0.05, 0) is 18.9 Å². The summed E-state index contributed by atoms with van der Waals surface area (Å²) in [5.74, 6) is 0.833. The molecular weight excluding hydrogens is 224 g/mol. The highest BCUT2D eigenvalue weighted by atomic mass is 35.5. The first-order chi connectivity index (χ1) is 7.02. The molecule has 1 aromatic carbocycles. The molecule has 0 aliphatic heterocycles. The molecule has 0 saturated heterocycles. The number of fused-ring (bicyclic) bond motifs is 1. The Bertz CT molecular complexity index is 426. The van der Waals surface area contributed by atoms with E-state index < -0.39 is 0 Å². The summed E-state index contributed by atoms with van der Waals surface area (Å²) in [6.07, 6.45) is 0. The molecule has 0 aliphatic rings. The molecule has 2 heteroatoms. The van der Waals surface area contributed by atoms with Gasteiger partial charge in [0, 0.05) is 15.0 Å². The van der Waals surface area contributed by atoms with E-state index in [4.69, 9.17) is 11.6 Å². The summed E-state index contributed by atoms with van der Waals surface area (Å²) in [5.41, 5.74) is 0. The predicted molar refractivity (Wildman–Crippen MR) is 72.1 cm³/mol. The standard InChI is InChI=1S/C9H7ClS.C4H10/c1-6-9(10)7-4-2-3-5-8(7)11-6;1-4(2)3/h2-5H,1H3;4H,1-3H3. The molecule has 0 spiro atoms. The van der Waals surface area contributed by atoms with Crippen molar-refractivity contribution in [2.24, 2.45) is 5.92 Å². The molecule has 0 amide bonds. The molecule has 0 bridgehead atoms. The molecule has 82 valence electrons. The van der Waals surface area contributed by atoms with Crippen molar-refractivity contribution in [2.75, 3.05) is 0 Å². The SMILES string of the molecule is CC(C)C.Cc1sc2ccccc2c1Cl. The summed E-state index contributed by atoms with van der Waals surface area (Å²) in [7, 11) is 0. The van der Waals surface area contributed by atoms with Crippen molar-refractivity contribution < 1.29 is 0 Å². The van der Waals surface area contributed by atoms with Gasteiger partial charge in [-0.1, -0.05) is 50.6 Å². The average Bonchev–Trinajstić information content (AvgIpc) is 2.43. The maximum atomic E-state index is 6.05. The van der Waals surface area contributed by atoms with E-state index in [0.717, 1.165) is 10.9 Å². The van der Waals surface area contributed by atoms with Crippen molar-refractivity contribution >= 4 is 33.0 Å². The number of rotatable bonds is 0. The molecule has 0 N–H and O–H groups in total. The molecule has 0 fully saturated rings. The van der Waals surface area contributed by atoms with Gasteiger partial charge < -0.3 is 0 Å². The van der Waals surface area contributed by atoms with Crippen molar-refractivity contribution in [3.05, 3.63) is 34.2 Å². The van der Waals surface area contributed by atoms with Crippen LogP contribution in [0.4, 0.5) is 0 Å². The third-order valence-electron chi connectivity index (χ3n) is 1.70. The zero-order chi connectivity index (χ0) is 11.4. The van der Waals surface area contributed by atoms with Gasteiger partial charge in [-0.3, -0.25) is 0 Å². The van der Waals surface area contributed by atoms with E-state index in [0.29, 0.717) is 0 Å². The first-order valence-electron chi connectivity index (χ1n) is 5.16. The summed E-state index contributed by atoms with van der Waals surface area (Å²) >= 11 is 7.80. The zero-order valence-electron chi connectivity index (χ0n) is 9.67. The molecule has 0 nitrogen and oxygen atoms in total. The Morgan fingerprint density at radius 2 is 1.67 bits per heavy atom. The van der Waals surface area contributed by atoms with Crippen LogP contribution in [0, 0.1) is 12.8 Å². The molecule has 1 heterocycles. The lowest BCUT2D eigenvalue weighted by molar-refractivity contribution is 0.737. The minimum atomic E-state index is 0.833. The molecule has 0 aliphatic carbocycles. The lowest BCUT2D eigenvalue weighted by Crippen LogP contribution is -1.66. The maximum Gasteiger partial charge on any atom is 0.0620 e. The van der Waals surface area contributed by atoms with Gasteiger partial charge >= 0.3 is 0 Å². The van der Waals surface area contributed by atoms with E-state index in [2.05, 4.69) is 32.9 Å². The third kappa shape index (κ3) is 3.51. The van der Waals surface area contributed by atoms with Crippen LogP contribution >= 0.6 is 22.9 Å². The number of aryl methyl sites for hydroxylation is 1. The normalized spacial score (nSPS) is 10.3. The van der Waals surface area contributed by atoms with Crippen molar-refractivity contribution in [1.82, 2.24) is 0 Å². The van der Waals surface area contributed by atoms with E-state index >= 15 is 0 Å². The topological polar surface area (TPSA) is 0 Å². The van der Waals surface area contributed by atoms with Crippen molar-refractivity contribution in [3.63, 3.8) is 0 Å². The molecule has 0 radical (unpaired) electrons. The molecule has 0 atom stereocenters. The van der Waals surface area contributed by atoms with Gasteiger partial charge in [0.15, 0.2) is 0 Å². The number of hydrogen-bond donors (Lipinski definition) is 0. The third-order valence-corrected chi connectivity index (χ3v) is 3.38. The van der Waals surface area contributed by atoms with Crippen LogP contribution in [0.25, 0.3) is 10.1 Å². The van der Waals surface area contributed by atoms with Gasteiger partial charge in [-0.25, -0.2) is 0 Å². The van der Waals surface area contributed by atoms with Gasteiger partial charge in [0.05, 0.1) is 5.02 Å². The van der Waals surface area contributed by atoms with E-state index in [1.54, 1.807) is 11.3 Å². The summed E-state index contributed by atoms with van der Waals surface area (Å²) in [5, 5.41) is 2.09. The predicted octanol–water partition coefficient (Wildman–Crippen LogP) is 5.53. The molecule has 15 heavy (non-hydrogen) atoms. The van der Waals surface area contributed by atoms with Crippen LogP contribution in [0.15, 0.2) is 24.3 Å². The molecular formula is C13H17ClS. The molecule has 2 rings (SSSR count). The number of thiophene rings is 1. The Hall–Kier alpha value is -0.530. The summed E-state index contributed by atoms with van der Waals surface area (Å²) < 4.78 is 1.27. The Morgan fingerprint density at radius 1 is 1.13 bits per heavy atom. The summed E-state index contributed by atoms with van der Waals surface area (Å²) in [6.45, 7) is 8.55. The van der Waals surface area contributed by atoms with Crippen LogP contribution in [0.1, 0.15) is 25.6 Å². The monoisotopic (exact) mass is 240 g/mol. The van der Waals surface area contributed by atoms with E-state index in [-0.39, 0.29) is 0 Å². The highest BCUT2D eigenvalue weighted by molar-refractivity contribution is 7.19. The maximum absolute atomic E-state index is 6.05. The first-order valence-corrected chi connectivity index (χ1v) is 6.35. The lowest BCUT2D eigenvalue weighted by atomic mass is 10.2. The second-order valence-electron chi connectivity index (χ2n) is 4.20. The van der Waals surface area contributed by atoms with Crippen LogP contribution in [-0.4, -0.2) is 0 Å². The van der Waals surface area contributed by atoms with Gasteiger partial charge in [0.2, 0.25) is 0 Å². The number of hydrogen-bond acceptors (Lipinski definition) is 1. The Morgan fingerprint density at radius 3 is 2.20 bits per heavy atom. The second-order valence-corrected chi connectivity index (χ2v) is 5.83. The van der Waals surface area contributed by atoms with Crippen molar-refractivity contribution in [1.29, 1.82) is 0 Å². The van der Waals surface area contributed by atoms with Gasteiger partial charge in [0.1, 0.15) is 0 Å². The fraction of sp³-hybridized carbons (Fsp3) is 0.385. The molecule has 1 aromatic heterocycles. The van der Waals surface area contributed by atoms with Crippen LogP contribution < -0.4 is 0 Å². The smallest absolute Gasteiger partial charge is 0.0620 e. The minimum absolute atomic E-state index is 0.833. The Kier molecular flexibility index (Phi) is 4.62. The van der Waals surface area contributed by atoms with Crippen molar-refractivity contribution in [2.45, 2.75) is 27.7 Å². The lowest BCUT2D eigenvalue weighted by Gasteiger charge is -1.86. The van der Waals surface area contributed by atoms with Crippen LogP contribution in [0.5, 0.6) is 0 Å². The Balaban J connectivity index is 0.000000245. The second kappa shape index (κ2) is 5.53. The van der Waals surface area contributed by atoms with Gasteiger partial charge in [-0.15, -0.1) is 11.3 Å². The fourth-order valence-corrected chi connectivity index (χ4v) is 2.43. The molecule has 0 unspecified atom stereocenters. The summed E-state index contributed by atoms with van der Waals surface area (Å²) in [6, 6.07) is 8.20. The highest BCUT2D eigenvalue weighted by Gasteiger charge is 2.03. The van der Waals surface area contributed by atoms with Crippen molar-refractivity contribution in [3.8, 4) is 0 Å². The average molecular weight is 241 g/mol. The number of benzene rings is 1. The molecule has 2 aromatic rings. The van der Waals surface area contributed by atoms with E-state index in [1.165, 1.54) is 15.0 Å². The molecule has 0 saturated carbocycles.